The van der Waals surface area contributed by atoms with Gasteiger partial charge < -0.3 is 29.8 Å². The molecule has 802 valence electrons. The van der Waals surface area contributed by atoms with Gasteiger partial charge in [-0.3, -0.25) is 0 Å². The van der Waals surface area contributed by atoms with E-state index in [0.717, 1.165) is 20.8 Å². The van der Waals surface area contributed by atoms with Gasteiger partial charge in [0, 0.05) is 56.0 Å². The fraction of sp³-hybridized carbons (Fsp3) is 0.241. The van der Waals surface area contributed by atoms with Crippen molar-refractivity contribution in [2.45, 2.75) is 101 Å². The number of hydrogen-bond acceptors (Lipinski definition) is 6. The van der Waals surface area contributed by atoms with Gasteiger partial charge >= 0.3 is 7.32 Å². The van der Waals surface area contributed by atoms with Gasteiger partial charge in [0.25, 0.3) is 0 Å². The molecule has 6 nitrogen and oxygen atoms in total. The summed E-state index contributed by atoms with van der Waals surface area (Å²) in [4.78, 5) is 4.25. The molecular formula is C87H54BF52N3O3. The average molecular weight is 2190 g/mol. The van der Waals surface area contributed by atoms with E-state index in [1.807, 2.05) is 41.5 Å². The third kappa shape index (κ3) is 25.1. The maximum atomic E-state index is 13.9. The monoisotopic (exact) mass is 2190 g/mol. The summed E-state index contributed by atoms with van der Waals surface area (Å²) in [5.41, 5.74) is -20.9. The average Bonchev–Trinajstić information content (AvgIpc) is 0.754. The van der Waals surface area contributed by atoms with Crippen molar-refractivity contribution in [2.75, 3.05) is 54.0 Å². The molecule has 0 aliphatic carbocycles. The minimum absolute atomic E-state index is 0.395. The van der Waals surface area contributed by atoms with Crippen LogP contribution in [0.2, 0.25) is 0 Å². The van der Waals surface area contributed by atoms with Gasteiger partial charge in [-0.15, -0.1) is 0 Å². The first-order valence-corrected chi connectivity index (χ1v) is 39.4. The van der Waals surface area contributed by atoms with Crippen molar-refractivity contribution in [1.29, 1.82) is 0 Å². The van der Waals surface area contributed by atoms with E-state index in [1.165, 1.54) is 14.7 Å². The van der Waals surface area contributed by atoms with Crippen LogP contribution in [0.4, 0.5) is 245 Å². The summed E-state index contributed by atoms with van der Waals surface area (Å²) < 4.78 is 687. The van der Waals surface area contributed by atoms with Crippen molar-refractivity contribution in [3.05, 3.63) is 319 Å². The van der Waals surface area contributed by atoms with Gasteiger partial charge in [0.15, 0.2) is 256 Å². The number of halogens is 52. The van der Waals surface area contributed by atoms with Crippen LogP contribution in [0.1, 0.15) is 96.8 Å². The molecule has 0 spiro atoms. The molecule has 0 saturated carbocycles. The van der Waals surface area contributed by atoms with E-state index in [2.05, 4.69) is 0 Å². The summed E-state index contributed by atoms with van der Waals surface area (Å²) in [6.45, 7) is 16.8. The maximum absolute atomic E-state index is 13.9. The van der Waals surface area contributed by atoms with Gasteiger partial charge in [-0.1, -0.05) is 41.5 Å². The first kappa shape index (κ1) is 125. The molecule has 0 amide bonds. The highest BCUT2D eigenvalue weighted by atomic mass is 19.2. The van der Waals surface area contributed by atoms with E-state index in [1.54, 1.807) is 0 Å². The zero-order chi connectivity index (χ0) is 113. The Bertz CT molecular complexity index is 5400. The zero-order valence-corrected chi connectivity index (χ0v) is 73.4. The van der Waals surface area contributed by atoms with Crippen LogP contribution in [0.3, 0.4) is 0 Å². The Labute approximate surface area is 784 Å². The molecule has 59 heteroatoms. The van der Waals surface area contributed by atoms with Crippen molar-refractivity contribution in [3.63, 3.8) is 0 Å². The Morgan fingerprint density at radius 2 is 0.205 bits per heavy atom. The smallest absolute Gasteiger partial charge is 0.402 e. The second-order valence-corrected chi connectivity index (χ2v) is 28.6. The Balaban J connectivity index is 0.000000353. The molecule has 0 saturated heterocycles. The van der Waals surface area contributed by atoms with E-state index in [0.29, 0.717) is 77.8 Å². The number of rotatable bonds is 19. The Hall–Kier alpha value is -12.9. The summed E-state index contributed by atoms with van der Waals surface area (Å²) in [6.07, 6.45) is 3.98. The standard InChI is InChI=1S/3C13H17F4N.4C12F10.BH3O3/c3*1-4-6-18(7-5-2)13-10(15)8(3)9(14)11(16)12(13)17;4*13-3-1(4(14)8(18)11(21)7(3)17)2-5(15)9(19)12(22)10(20)6(2)16;2-1(3)4/h3*4-7H2,1-3H3;;;;;2-4H. The van der Waals surface area contributed by atoms with Gasteiger partial charge in [-0.2, -0.15) is 0 Å². The highest BCUT2D eigenvalue weighted by Gasteiger charge is 2.42. The van der Waals surface area contributed by atoms with Crippen LogP contribution in [0.15, 0.2) is 0 Å². The Morgan fingerprint density at radius 3 is 0.288 bits per heavy atom. The van der Waals surface area contributed by atoms with E-state index in [-0.39, 0.29) is 0 Å². The van der Waals surface area contributed by atoms with Gasteiger partial charge in [0.2, 0.25) is 46.5 Å². The van der Waals surface area contributed by atoms with Crippen LogP contribution in [0.5, 0.6) is 0 Å². The zero-order valence-electron chi connectivity index (χ0n) is 73.4. The lowest BCUT2D eigenvalue weighted by atomic mass is 10.0. The summed E-state index contributed by atoms with van der Waals surface area (Å²) in [6, 6.07) is 0. The van der Waals surface area contributed by atoms with Crippen molar-refractivity contribution in [1.82, 2.24) is 0 Å². The van der Waals surface area contributed by atoms with Crippen molar-refractivity contribution >= 4 is 24.4 Å². The van der Waals surface area contributed by atoms with Crippen molar-refractivity contribution in [2.24, 2.45) is 0 Å². The lowest BCUT2D eigenvalue weighted by Crippen LogP contribution is -2.28. The predicted octanol–water partition coefficient (Wildman–Crippen LogP) is 29.5. The third-order valence-electron chi connectivity index (χ3n) is 19.0. The largest absolute Gasteiger partial charge is 0.631 e. The molecule has 0 fully saturated rings. The summed E-state index contributed by atoms with van der Waals surface area (Å²) >= 11 is 0. The van der Waals surface area contributed by atoms with Crippen LogP contribution in [-0.4, -0.2) is 61.7 Å². The number of anilines is 3. The summed E-state index contributed by atoms with van der Waals surface area (Å²) in [7, 11) is -2.17. The molecule has 0 aliphatic heterocycles. The highest BCUT2D eigenvalue weighted by molar-refractivity contribution is 6.30. The quantitative estimate of drug-likeness (QED) is 0.0324. The lowest BCUT2D eigenvalue weighted by molar-refractivity contribution is 0.278. The highest BCUT2D eigenvalue weighted by Crippen LogP contribution is 2.45. The first-order valence-electron chi connectivity index (χ1n) is 39.4. The predicted molar refractivity (Wildman–Crippen MR) is 410 cm³/mol. The summed E-state index contributed by atoms with van der Waals surface area (Å²) in [5.74, 6) is -123. The van der Waals surface area contributed by atoms with E-state index in [4.69, 9.17) is 15.1 Å². The number of nitrogens with zero attached hydrogens (tertiary/aromatic N) is 3. The third-order valence-corrected chi connectivity index (χ3v) is 19.0. The van der Waals surface area contributed by atoms with Crippen molar-refractivity contribution < 1.29 is 243 Å². The van der Waals surface area contributed by atoms with Crippen LogP contribution < -0.4 is 14.7 Å². The molecule has 0 unspecified atom stereocenters. The van der Waals surface area contributed by atoms with Crippen molar-refractivity contribution in [3.8, 4) is 44.5 Å². The van der Waals surface area contributed by atoms with E-state index >= 15 is 0 Å². The molecule has 0 radical (unpaired) electrons. The molecule has 11 aromatic rings. The molecule has 11 rings (SSSR count). The number of hydrogen-bond donors (Lipinski definition) is 3. The van der Waals surface area contributed by atoms with Crippen LogP contribution >= 0.6 is 0 Å². The van der Waals surface area contributed by atoms with Crippen LogP contribution in [0, 0.1) is 323 Å². The van der Waals surface area contributed by atoms with Gasteiger partial charge in [0.05, 0.1) is 44.5 Å². The Morgan fingerprint density at radius 1 is 0.130 bits per heavy atom. The maximum Gasteiger partial charge on any atom is 0.631 e. The SMILES string of the molecule is CCCN(CCC)c1c(F)c(C)c(F)c(F)c1F.CCCN(CCC)c1c(F)c(C)c(F)c(F)c1F.CCCN(CCC)c1c(F)c(C)c(F)c(F)c1F.Fc1c(F)c(F)c(-c2c(F)c(F)c(F)c(F)c2F)c(F)c1F.Fc1c(F)c(F)c(-c2c(F)c(F)c(F)c(F)c2F)c(F)c1F.Fc1c(F)c(F)c(-c2c(F)c(F)c(F)c(F)c2F)c(F)c1F.Fc1c(F)c(F)c(-c2c(F)c(F)c(F)c(F)c2F)c(F)c1F.OB(O)O. The minimum atomic E-state index is -2.68. The van der Waals surface area contributed by atoms with Gasteiger partial charge in [-0.25, -0.2) is 228 Å². The molecule has 0 aliphatic rings. The molecule has 0 heterocycles. The second-order valence-electron chi connectivity index (χ2n) is 28.6. The molecular weight excluding hydrogens is 2130 g/mol. The minimum Gasteiger partial charge on any atom is -0.402 e. The van der Waals surface area contributed by atoms with Crippen LogP contribution in [-0.2, 0) is 0 Å². The molecule has 0 atom stereocenters. The normalized spacial score (nSPS) is 10.9. The van der Waals surface area contributed by atoms with Gasteiger partial charge in [0.1, 0.15) is 17.1 Å². The summed E-state index contributed by atoms with van der Waals surface area (Å²) in [5, 5.41) is 21.5. The molecule has 146 heavy (non-hydrogen) atoms. The Kier molecular flexibility index (Phi) is 44.6. The first-order chi connectivity index (χ1) is 67.5. The fourth-order valence-electron chi connectivity index (χ4n) is 12.3. The lowest BCUT2D eigenvalue weighted by Gasteiger charge is -2.25. The van der Waals surface area contributed by atoms with E-state index < -0.39 is 388 Å². The molecule has 0 bridgehead atoms. The number of benzene rings is 11. The van der Waals surface area contributed by atoms with Gasteiger partial charge in [-0.05, 0) is 59.3 Å². The molecule has 11 aromatic carbocycles. The molecule has 0 aromatic heterocycles. The molecule has 3 N–H and O–H groups in total. The van der Waals surface area contributed by atoms with E-state index in [9.17, 15) is 228 Å². The van der Waals surface area contributed by atoms with Crippen LogP contribution in [0.25, 0.3) is 44.5 Å². The topological polar surface area (TPSA) is 70.4 Å². The fourth-order valence-corrected chi connectivity index (χ4v) is 12.3. The second kappa shape index (κ2) is 51.9.